The second-order valence-corrected chi connectivity index (χ2v) is 3.57. The van der Waals surface area contributed by atoms with Gasteiger partial charge in [0, 0.05) is 12.7 Å². The molecule has 0 aromatic carbocycles. The highest BCUT2D eigenvalue weighted by Gasteiger charge is 2.17. The molecule has 0 spiro atoms. The molecule has 0 atom stereocenters. The van der Waals surface area contributed by atoms with E-state index in [0.29, 0.717) is 17.3 Å². The van der Waals surface area contributed by atoms with E-state index in [9.17, 15) is 4.79 Å². The number of ether oxygens (including phenoxy) is 1. The number of nitrogens with zero attached hydrogens (tertiary/aromatic N) is 1. The van der Waals surface area contributed by atoms with Crippen LogP contribution in [-0.4, -0.2) is 17.6 Å². The minimum absolute atomic E-state index is 0.334. The molecule has 1 heterocycles. The molecule has 78 valence electrons. The average Bonchev–Trinajstić information content (AvgIpc) is 2.43. The second-order valence-electron chi connectivity index (χ2n) is 3.57. The molecule has 4 heteroatoms. The Balaban J connectivity index is 3.21. The summed E-state index contributed by atoms with van der Waals surface area (Å²) in [6.07, 6.45) is 0. The van der Waals surface area contributed by atoms with Gasteiger partial charge in [0.05, 0.1) is 7.11 Å². The van der Waals surface area contributed by atoms with E-state index in [1.54, 1.807) is 6.07 Å². The van der Waals surface area contributed by atoms with Crippen LogP contribution in [0.25, 0.3) is 0 Å². The molecule has 0 aliphatic heterocycles. The van der Waals surface area contributed by atoms with Crippen molar-refractivity contribution < 1.29 is 9.53 Å². The number of nitrogens with two attached hydrogens (primary N) is 1. The van der Waals surface area contributed by atoms with E-state index in [0.717, 1.165) is 5.69 Å². The van der Waals surface area contributed by atoms with E-state index < -0.39 is 0 Å². The Morgan fingerprint density at radius 3 is 2.50 bits per heavy atom. The monoisotopic (exact) mass is 196 g/mol. The molecule has 14 heavy (non-hydrogen) atoms. The zero-order valence-electron chi connectivity index (χ0n) is 9.00. The van der Waals surface area contributed by atoms with Crippen LogP contribution in [0.2, 0.25) is 0 Å². The molecule has 0 unspecified atom stereocenters. The van der Waals surface area contributed by atoms with Gasteiger partial charge in [-0.25, -0.2) is 4.79 Å². The van der Waals surface area contributed by atoms with Crippen LogP contribution in [0.15, 0.2) is 6.07 Å². The van der Waals surface area contributed by atoms with Gasteiger partial charge in [0.15, 0.2) is 0 Å². The van der Waals surface area contributed by atoms with Gasteiger partial charge in [0.25, 0.3) is 0 Å². The van der Waals surface area contributed by atoms with Crippen molar-refractivity contribution in [3.63, 3.8) is 0 Å². The fourth-order valence-electron chi connectivity index (χ4n) is 1.47. The second kappa shape index (κ2) is 3.74. The van der Waals surface area contributed by atoms with Gasteiger partial charge in [0.2, 0.25) is 0 Å². The number of methoxy groups -OCH3 is 1. The predicted octanol–water partition coefficient (Wildman–Crippen LogP) is 1.52. The molecule has 0 aliphatic carbocycles. The average molecular weight is 196 g/mol. The standard InChI is InChI=1S/C10H16N2O2/c1-6(2)8-5-7(10(13)14-4)9(11)12(8)3/h5-6H,11H2,1-4H3. The molecule has 0 saturated carbocycles. The van der Waals surface area contributed by atoms with Crippen molar-refractivity contribution in [3.8, 4) is 0 Å². The molecule has 0 fully saturated rings. The Morgan fingerprint density at radius 2 is 2.14 bits per heavy atom. The first-order valence-corrected chi connectivity index (χ1v) is 4.52. The minimum atomic E-state index is -0.384. The summed E-state index contributed by atoms with van der Waals surface area (Å²) in [4.78, 5) is 11.3. The van der Waals surface area contributed by atoms with Crippen LogP contribution < -0.4 is 5.73 Å². The minimum Gasteiger partial charge on any atom is -0.465 e. The van der Waals surface area contributed by atoms with Crippen LogP contribution in [-0.2, 0) is 11.8 Å². The summed E-state index contributed by atoms with van der Waals surface area (Å²) in [5, 5.41) is 0. The molecule has 4 nitrogen and oxygen atoms in total. The smallest absolute Gasteiger partial charge is 0.341 e. The van der Waals surface area contributed by atoms with Gasteiger partial charge in [-0.15, -0.1) is 0 Å². The number of nitrogen functional groups attached to an aromatic ring is 1. The van der Waals surface area contributed by atoms with Crippen molar-refractivity contribution in [1.82, 2.24) is 4.57 Å². The zero-order valence-corrected chi connectivity index (χ0v) is 9.00. The lowest BCUT2D eigenvalue weighted by Crippen LogP contribution is -2.06. The van der Waals surface area contributed by atoms with E-state index in [4.69, 9.17) is 5.73 Å². The molecular formula is C10H16N2O2. The lowest BCUT2D eigenvalue weighted by atomic mass is 10.1. The Bertz CT molecular complexity index is 353. The van der Waals surface area contributed by atoms with E-state index in [2.05, 4.69) is 18.6 Å². The van der Waals surface area contributed by atoms with Gasteiger partial charge >= 0.3 is 5.97 Å². The first kappa shape index (κ1) is 10.6. The maximum atomic E-state index is 11.3. The van der Waals surface area contributed by atoms with Gasteiger partial charge in [-0.3, -0.25) is 0 Å². The van der Waals surface area contributed by atoms with Gasteiger partial charge < -0.3 is 15.0 Å². The maximum Gasteiger partial charge on any atom is 0.341 e. The normalized spacial score (nSPS) is 10.6. The number of carbonyl (C=O) groups excluding carboxylic acids is 1. The molecule has 1 rings (SSSR count). The van der Waals surface area contributed by atoms with Gasteiger partial charge in [0.1, 0.15) is 11.4 Å². The number of anilines is 1. The van der Waals surface area contributed by atoms with Gasteiger partial charge in [-0.05, 0) is 12.0 Å². The Morgan fingerprint density at radius 1 is 1.57 bits per heavy atom. The molecule has 1 aromatic heterocycles. The first-order valence-electron chi connectivity index (χ1n) is 4.52. The Kier molecular flexibility index (Phi) is 2.84. The van der Waals surface area contributed by atoms with Crippen LogP contribution in [0.4, 0.5) is 5.82 Å². The molecule has 2 N–H and O–H groups in total. The molecule has 0 aliphatic rings. The fourth-order valence-corrected chi connectivity index (χ4v) is 1.47. The van der Waals surface area contributed by atoms with Crippen molar-refractivity contribution in [2.45, 2.75) is 19.8 Å². The van der Waals surface area contributed by atoms with E-state index in [-0.39, 0.29) is 5.97 Å². The number of hydrogen-bond donors (Lipinski definition) is 1. The highest BCUT2D eigenvalue weighted by Crippen LogP contribution is 2.23. The van der Waals surface area contributed by atoms with Crippen molar-refractivity contribution >= 4 is 11.8 Å². The fraction of sp³-hybridized carbons (Fsp3) is 0.500. The molecule has 0 saturated heterocycles. The van der Waals surface area contributed by atoms with Gasteiger partial charge in [-0.1, -0.05) is 13.8 Å². The van der Waals surface area contributed by atoms with Gasteiger partial charge in [-0.2, -0.15) is 0 Å². The van der Waals surface area contributed by atoms with Crippen LogP contribution >= 0.6 is 0 Å². The third-order valence-electron chi connectivity index (χ3n) is 2.31. The number of esters is 1. The quantitative estimate of drug-likeness (QED) is 0.729. The first-order chi connectivity index (χ1) is 6.49. The molecule has 0 bridgehead atoms. The topological polar surface area (TPSA) is 57.2 Å². The summed E-state index contributed by atoms with van der Waals surface area (Å²) < 4.78 is 6.45. The van der Waals surface area contributed by atoms with Crippen LogP contribution in [0.3, 0.4) is 0 Å². The highest BCUT2D eigenvalue weighted by atomic mass is 16.5. The third-order valence-corrected chi connectivity index (χ3v) is 2.31. The molecule has 0 amide bonds. The largest absolute Gasteiger partial charge is 0.465 e. The summed E-state index contributed by atoms with van der Waals surface area (Å²) in [5.74, 6) is 0.409. The highest BCUT2D eigenvalue weighted by molar-refractivity contribution is 5.94. The summed E-state index contributed by atoms with van der Waals surface area (Å²) in [7, 11) is 3.20. The maximum absolute atomic E-state index is 11.3. The SMILES string of the molecule is COC(=O)c1cc(C(C)C)n(C)c1N. The van der Waals surface area contributed by atoms with Crippen molar-refractivity contribution in [2.24, 2.45) is 7.05 Å². The molecule has 1 aromatic rings. The number of carbonyl (C=O) groups is 1. The van der Waals surface area contributed by atoms with Crippen LogP contribution in [0.5, 0.6) is 0 Å². The number of rotatable bonds is 2. The van der Waals surface area contributed by atoms with E-state index in [1.807, 2.05) is 11.6 Å². The summed E-state index contributed by atoms with van der Waals surface area (Å²) in [6, 6.07) is 1.78. The van der Waals surface area contributed by atoms with E-state index in [1.165, 1.54) is 7.11 Å². The zero-order chi connectivity index (χ0) is 10.9. The van der Waals surface area contributed by atoms with Crippen molar-refractivity contribution in [2.75, 3.05) is 12.8 Å². The third kappa shape index (κ3) is 1.60. The number of hydrogen-bond acceptors (Lipinski definition) is 3. The van der Waals surface area contributed by atoms with E-state index >= 15 is 0 Å². The lowest BCUT2D eigenvalue weighted by molar-refractivity contribution is 0.0602. The summed E-state index contributed by atoms with van der Waals surface area (Å²) >= 11 is 0. The summed E-state index contributed by atoms with van der Waals surface area (Å²) in [6.45, 7) is 4.10. The molecular weight excluding hydrogens is 180 g/mol. The van der Waals surface area contributed by atoms with Crippen molar-refractivity contribution in [3.05, 3.63) is 17.3 Å². The Hall–Kier alpha value is -1.45. The van der Waals surface area contributed by atoms with Crippen LogP contribution in [0.1, 0.15) is 35.8 Å². The molecule has 0 radical (unpaired) electrons. The predicted molar refractivity (Wildman–Crippen MR) is 55.3 cm³/mol. The lowest BCUT2D eigenvalue weighted by Gasteiger charge is -2.06. The van der Waals surface area contributed by atoms with Crippen molar-refractivity contribution in [1.29, 1.82) is 0 Å². The Labute approximate surface area is 83.7 Å². The number of aromatic nitrogens is 1. The van der Waals surface area contributed by atoms with Crippen LogP contribution in [0, 0.1) is 0 Å². The summed E-state index contributed by atoms with van der Waals surface area (Å²) in [5.41, 5.74) is 7.25.